The summed E-state index contributed by atoms with van der Waals surface area (Å²) >= 11 is 0. The van der Waals surface area contributed by atoms with E-state index >= 15 is 0 Å². The molecule has 0 aromatic heterocycles. The second-order valence-electron chi connectivity index (χ2n) is 8.90. The maximum absolute atomic E-state index is 11.7. The van der Waals surface area contributed by atoms with E-state index in [0.717, 1.165) is 64.2 Å². The number of hydrogen-bond donors (Lipinski definition) is 2. The lowest BCUT2D eigenvalue weighted by Gasteiger charge is -2.14. The standard InChI is InChI=1S/C24H50O4S/c1-3-5-7-8-9-10-11-12-13-17-21-24(29(26,27)28)22-18-15-14-16-20-23(25)19-6-4-2/h23-25H,3-22H2,1-2H3,(H,26,27,28). The van der Waals surface area contributed by atoms with Crippen LogP contribution in [0, 0.1) is 0 Å². The van der Waals surface area contributed by atoms with E-state index < -0.39 is 15.4 Å². The summed E-state index contributed by atoms with van der Waals surface area (Å²) in [4.78, 5) is 0. The fourth-order valence-electron chi connectivity index (χ4n) is 3.99. The Hall–Kier alpha value is -0.130. The van der Waals surface area contributed by atoms with E-state index in [2.05, 4.69) is 13.8 Å². The average molecular weight is 435 g/mol. The number of rotatable bonds is 22. The zero-order chi connectivity index (χ0) is 21.8. The molecule has 0 heterocycles. The first kappa shape index (κ1) is 28.9. The molecule has 0 spiro atoms. The minimum Gasteiger partial charge on any atom is -0.393 e. The van der Waals surface area contributed by atoms with Gasteiger partial charge in [0.15, 0.2) is 0 Å². The van der Waals surface area contributed by atoms with Gasteiger partial charge in [0.1, 0.15) is 0 Å². The Morgan fingerprint density at radius 1 is 0.552 bits per heavy atom. The summed E-state index contributed by atoms with van der Waals surface area (Å²) in [5.74, 6) is 0. The summed E-state index contributed by atoms with van der Waals surface area (Å²) in [6.45, 7) is 4.37. The molecule has 0 aromatic carbocycles. The van der Waals surface area contributed by atoms with Crippen molar-refractivity contribution in [1.82, 2.24) is 0 Å². The molecular weight excluding hydrogens is 384 g/mol. The molecule has 0 aliphatic heterocycles. The summed E-state index contributed by atoms with van der Waals surface area (Å²) in [5, 5.41) is 9.25. The average Bonchev–Trinajstić information content (AvgIpc) is 2.67. The lowest BCUT2D eigenvalue weighted by Crippen LogP contribution is -2.20. The van der Waals surface area contributed by atoms with Crippen LogP contribution in [0.5, 0.6) is 0 Å². The Bertz CT molecular complexity index is 436. The third-order valence-electron chi connectivity index (χ3n) is 6.01. The molecule has 0 rings (SSSR count). The molecule has 0 saturated heterocycles. The van der Waals surface area contributed by atoms with Gasteiger partial charge in [0.25, 0.3) is 10.1 Å². The Morgan fingerprint density at radius 2 is 0.897 bits per heavy atom. The summed E-state index contributed by atoms with van der Waals surface area (Å²) < 4.78 is 32.8. The first-order chi connectivity index (χ1) is 13.9. The molecule has 176 valence electrons. The van der Waals surface area contributed by atoms with Crippen molar-refractivity contribution < 1.29 is 18.1 Å². The summed E-state index contributed by atoms with van der Waals surface area (Å²) in [5.41, 5.74) is 0. The molecule has 0 bridgehead atoms. The van der Waals surface area contributed by atoms with Crippen LogP contribution in [0.1, 0.15) is 142 Å². The summed E-state index contributed by atoms with van der Waals surface area (Å²) in [7, 11) is -3.93. The first-order valence-corrected chi connectivity index (χ1v) is 14.1. The van der Waals surface area contributed by atoms with Crippen LogP contribution in [0.25, 0.3) is 0 Å². The van der Waals surface area contributed by atoms with Crippen LogP contribution in [0.4, 0.5) is 0 Å². The van der Waals surface area contributed by atoms with Gasteiger partial charge in [0.2, 0.25) is 0 Å². The minimum atomic E-state index is -3.93. The fourth-order valence-corrected chi connectivity index (χ4v) is 4.92. The molecule has 0 aromatic rings. The molecule has 0 aliphatic rings. The molecule has 0 aliphatic carbocycles. The highest BCUT2D eigenvalue weighted by atomic mass is 32.2. The van der Waals surface area contributed by atoms with E-state index in [-0.39, 0.29) is 6.10 Å². The van der Waals surface area contributed by atoms with Crippen LogP contribution >= 0.6 is 0 Å². The van der Waals surface area contributed by atoms with Crippen LogP contribution in [0.3, 0.4) is 0 Å². The smallest absolute Gasteiger partial charge is 0.267 e. The molecule has 2 atom stereocenters. The SMILES string of the molecule is CCCCCCCCCCCCC(CCCCCCC(O)CCCC)S(=O)(=O)O. The number of aliphatic hydroxyl groups is 1. The molecule has 5 heteroatoms. The molecule has 0 amide bonds. The third kappa shape index (κ3) is 19.6. The summed E-state index contributed by atoms with van der Waals surface area (Å²) in [6, 6.07) is 0. The molecule has 29 heavy (non-hydrogen) atoms. The van der Waals surface area contributed by atoms with Gasteiger partial charge in [0, 0.05) is 0 Å². The Balaban J connectivity index is 3.73. The van der Waals surface area contributed by atoms with Crippen molar-refractivity contribution in [3.63, 3.8) is 0 Å². The van der Waals surface area contributed by atoms with Crippen molar-refractivity contribution in [2.45, 2.75) is 154 Å². The zero-order valence-electron chi connectivity index (χ0n) is 19.4. The highest BCUT2D eigenvalue weighted by Crippen LogP contribution is 2.20. The number of unbranched alkanes of at least 4 members (excludes halogenated alkanes) is 13. The largest absolute Gasteiger partial charge is 0.393 e. The van der Waals surface area contributed by atoms with E-state index in [0.29, 0.717) is 12.8 Å². The predicted molar refractivity (Wildman–Crippen MR) is 125 cm³/mol. The second kappa shape index (κ2) is 19.8. The molecule has 2 N–H and O–H groups in total. The van der Waals surface area contributed by atoms with Crippen molar-refractivity contribution in [3.05, 3.63) is 0 Å². The van der Waals surface area contributed by atoms with Crippen LogP contribution in [-0.2, 0) is 10.1 Å². The molecule has 0 radical (unpaired) electrons. The Labute approximate surface area is 182 Å². The fraction of sp³-hybridized carbons (Fsp3) is 1.00. The van der Waals surface area contributed by atoms with Gasteiger partial charge in [-0.25, -0.2) is 0 Å². The van der Waals surface area contributed by atoms with Gasteiger partial charge in [0.05, 0.1) is 11.4 Å². The van der Waals surface area contributed by atoms with Crippen molar-refractivity contribution in [1.29, 1.82) is 0 Å². The Kier molecular flexibility index (Phi) is 19.7. The van der Waals surface area contributed by atoms with E-state index in [4.69, 9.17) is 0 Å². The highest BCUT2D eigenvalue weighted by molar-refractivity contribution is 7.86. The van der Waals surface area contributed by atoms with Crippen molar-refractivity contribution >= 4 is 10.1 Å². The molecule has 4 nitrogen and oxygen atoms in total. The molecule has 0 fully saturated rings. The second-order valence-corrected chi connectivity index (χ2v) is 10.6. The monoisotopic (exact) mass is 434 g/mol. The van der Waals surface area contributed by atoms with Gasteiger partial charge in [-0.3, -0.25) is 4.55 Å². The van der Waals surface area contributed by atoms with Crippen molar-refractivity contribution in [3.8, 4) is 0 Å². The maximum atomic E-state index is 11.7. The van der Waals surface area contributed by atoms with E-state index in [1.807, 2.05) is 0 Å². The summed E-state index contributed by atoms with van der Waals surface area (Å²) in [6.07, 6.45) is 21.1. The minimum absolute atomic E-state index is 0.183. The van der Waals surface area contributed by atoms with Gasteiger partial charge in [-0.2, -0.15) is 8.42 Å². The normalized spacial score (nSPS) is 14.2. The Morgan fingerprint density at radius 3 is 1.31 bits per heavy atom. The van der Waals surface area contributed by atoms with Gasteiger partial charge in [-0.05, 0) is 25.7 Å². The van der Waals surface area contributed by atoms with E-state index in [9.17, 15) is 18.1 Å². The molecular formula is C24H50O4S. The van der Waals surface area contributed by atoms with Crippen LogP contribution in [-0.4, -0.2) is 29.4 Å². The van der Waals surface area contributed by atoms with E-state index in [1.54, 1.807) is 0 Å². The van der Waals surface area contributed by atoms with Crippen molar-refractivity contribution in [2.75, 3.05) is 0 Å². The van der Waals surface area contributed by atoms with Gasteiger partial charge in [-0.1, -0.05) is 117 Å². The molecule has 0 saturated carbocycles. The quantitative estimate of drug-likeness (QED) is 0.137. The van der Waals surface area contributed by atoms with Crippen molar-refractivity contribution in [2.24, 2.45) is 0 Å². The topological polar surface area (TPSA) is 74.6 Å². The lowest BCUT2D eigenvalue weighted by atomic mass is 10.0. The van der Waals surface area contributed by atoms with Gasteiger partial charge < -0.3 is 5.11 Å². The van der Waals surface area contributed by atoms with Crippen LogP contribution < -0.4 is 0 Å². The third-order valence-corrected chi connectivity index (χ3v) is 7.32. The van der Waals surface area contributed by atoms with Gasteiger partial charge in [-0.15, -0.1) is 0 Å². The maximum Gasteiger partial charge on any atom is 0.267 e. The van der Waals surface area contributed by atoms with E-state index in [1.165, 1.54) is 51.4 Å². The number of aliphatic hydroxyl groups excluding tert-OH is 1. The molecule has 2 unspecified atom stereocenters. The predicted octanol–water partition coefficient (Wildman–Crippen LogP) is 7.45. The number of hydrogen-bond acceptors (Lipinski definition) is 3. The zero-order valence-corrected chi connectivity index (χ0v) is 20.2. The highest BCUT2D eigenvalue weighted by Gasteiger charge is 2.21. The van der Waals surface area contributed by atoms with Gasteiger partial charge >= 0.3 is 0 Å². The first-order valence-electron chi connectivity index (χ1n) is 12.6. The van der Waals surface area contributed by atoms with Crippen LogP contribution in [0.15, 0.2) is 0 Å². The lowest BCUT2D eigenvalue weighted by molar-refractivity contribution is 0.148. The van der Waals surface area contributed by atoms with Crippen LogP contribution in [0.2, 0.25) is 0 Å².